The van der Waals surface area contributed by atoms with E-state index in [1.54, 1.807) is 6.07 Å². The molecule has 0 amide bonds. The van der Waals surface area contributed by atoms with Crippen LogP contribution >= 0.6 is 0 Å². The third kappa shape index (κ3) is 1.89. The molecule has 0 atom stereocenters. The summed E-state index contributed by atoms with van der Waals surface area (Å²) in [7, 11) is 0. The van der Waals surface area contributed by atoms with Crippen molar-refractivity contribution in [2.45, 2.75) is 26.2 Å². The van der Waals surface area contributed by atoms with Crippen LogP contribution in [0, 0.1) is 25.1 Å². The lowest BCUT2D eigenvalue weighted by atomic mass is 9.83. The van der Waals surface area contributed by atoms with Crippen LogP contribution in [0.5, 0.6) is 0 Å². The Bertz CT molecular complexity index is 356. The molecule has 13 heavy (non-hydrogen) atoms. The molecule has 0 aromatic heterocycles. The standard InChI is InChI=1S/C12H13F/c1-5-12(3,4)11-7-6-10(13)8-9(11)2/h1,6-8H,2-4H3. The number of rotatable bonds is 1. The Morgan fingerprint density at radius 2 is 2.00 bits per heavy atom. The normalized spacial score (nSPS) is 11.0. The first-order valence-electron chi connectivity index (χ1n) is 4.22. The summed E-state index contributed by atoms with van der Waals surface area (Å²) in [5.74, 6) is 2.48. The van der Waals surface area contributed by atoms with Crippen LogP contribution in [-0.4, -0.2) is 0 Å². The summed E-state index contributed by atoms with van der Waals surface area (Å²) in [6.45, 7) is 5.78. The number of aryl methyl sites for hydroxylation is 1. The molecule has 0 aliphatic carbocycles. The van der Waals surface area contributed by atoms with E-state index >= 15 is 0 Å². The first-order chi connectivity index (χ1) is 5.97. The van der Waals surface area contributed by atoms with E-state index in [2.05, 4.69) is 5.92 Å². The van der Waals surface area contributed by atoms with E-state index in [1.165, 1.54) is 12.1 Å². The summed E-state index contributed by atoms with van der Waals surface area (Å²) < 4.78 is 12.8. The lowest BCUT2D eigenvalue weighted by Crippen LogP contribution is -2.15. The fourth-order valence-electron chi connectivity index (χ4n) is 1.41. The largest absolute Gasteiger partial charge is 0.207 e. The summed E-state index contributed by atoms with van der Waals surface area (Å²) >= 11 is 0. The predicted octanol–water partition coefficient (Wildman–Crippen LogP) is 3.04. The van der Waals surface area contributed by atoms with Gasteiger partial charge in [-0.1, -0.05) is 12.0 Å². The first kappa shape index (κ1) is 9.80. The molecule has 0 radical (unpaired) electrons. The van der Waals surface area contributed by atoms with Gasteiger partial charge in [-0.25, -0.2) is 4.39 Å². The van der Waals surface area contributed by atoms with Gasteiger partial charge in [0.05, 0.1) is 5.41 Å². The predicted molar refractivity (Wildman–Crippen MR) is 53.0 cm³/mol. The van der Waals surface area contributed by atoms with E-state index in [9.17, 15) is 4.39 Å². The van der Waals surface area contributed by atoms with Crippen LogP contribution in [0.3, 0.4) is 0 Å². The van der Waals surface area contributed by atoms with Crippen molar-refractivity contribution >= 4 is 0 Å². The van der Waals surface area contributed by atoms with Crippen LogP contribution in [0.15, 0.2) is 18.2 Å². The van der Waals surface area contributed by atoms with Crippen LogP contribution in [0.2, 0.25) is 0 Å². The lowest BCUT2D eigenvalue weighted by Gasteiger charge is -2.20. The molecule has 0 heterocycles. The van der Waals surface area contributed by atoms with E-state index in [0.717, 1.165) is 11.1 Å². The van der Waals surface area contributed by atoms with Crippen molar-refractivity contribution in [2.24, 2.45) is 0 Å². The summed E-state index contributed by atoms with van der Waals surface area (Å²) in [6, 6.07) is 4.71. The van der Waals surface area contributed by atoms with Crippen molar-refractivity contribution in [3.8, 4) is 12.3 Å². The molecule has 0 saturated heterocycles. The van der Waals surface area contributed by atoms with Gasteiger partial charge in [-0.15, -0.1) is 6.42 Å². The van der Waals surface area contributed by atoms with Crippen molar-refractivity contribution in [1.29, 1.82) is 0 Å². The van der Waals surface area contributed by atoms with Gasteiger partial charge in [-0.05, 0) is 44.0 Å². The molecule has 1 rings (SSSR count). The Hall–Kier alpha value is -1.29. The summed E-state index contributed by atoms with van der Waals surface area (Å²) in [4.78, 5) is 0. The zero-order chi connectivity index (χ0) is 10.1. The Morgan fingerprint density at radius 3 is 2.46 bits per heavy atom. The molecule has 0 nitrogen and oxygen atoms in total. The fraction of sp³-hybridized carbons (Fsp3) is 0.333. The third-order valence-corrected chi connectivity index (χ3v) is 2.22. The molecular formula is C12H13F. The highest BCUT2D eigenvalue weighted by molar-refractivity contribution is 5.38. The minimum Gasteiger partial charge on any atom is -0.207 e. The minimum atomic E-state index is -0.322. The van der Waals surface area contributed by atoms with Crippen LogP contribution in [0.1, 0.15) is 25.0 Å². The number of hydrogen-bond donors (Lipinski definition) is 0. The van der Waals surface area contributed by atoms with Crippen LogP contribution in [0.4, 0.5) is 4.39 Å². The molecule has 1 heteroatoms. The molecule has 0 unspecified atom stereocenters. The summed E-state index contributed by atoms with van der Waals surface area (Å²) in [5.41, 5.74) is 1.59. The maximum absolute atomic E-state index is 12.8. The van der Waals surface area contributed by atoms with Crippen LogP contribution < -0.4 is 0 Å². The maximum Gasteiger partial charge on any atom is 0.123 e. The van der Waals surface area contributed by atoms with Gasteiger partial charge in [0, 0.05) is 0 Å². The average molecular weight is 176 g/mol. The highest BCUT2D eigenvalue weighted by Gasteiger charge is 2.19. The van der Waals surface area contributed by atoms with E-state index in [1.807, 2.05) is 20.8 Å². The molecule has 0 saturated carbocycles. The minimum absolute atomic E-state index is 0.214. The van der Waals surface area contributed by atoms with E-state index in [4.69, 9.17) is 6.42 Å². The Kier molecular flexibility index (Phi) is 2.43. The van der Waals surface area contributed by atoms with Gasteiger partial charge in [0.1, 0.15) is 5.82 Å². The SMILES string of the molecule is C#CC(C)(C)c1ccc(F)cc1C. The molecule has 0 spiro atoms. The molecule has 0 bridgehead atoms. The second-order valence-corrected chi connectivity index (χ2v) is 3.73. The quantitative estimate of drug-likeness (QED) is 0.577. The number of halogens is 1. The van der Waals surface area contributed by atoms with Gasteiger partial charge in [-0.3, -0.25) is 0 Å². The smallest absolute Gasteiger partial charge is 0.123 e. The van der Waals surface area contributed by atoms with E-state index in [-0.39, 0.29) is 11.2 Å². The highest BCUT2D eigenvalue weighted by atomic mass is 19.1. The Labute approximate surface area is 78.8 Å². The fourth-order valence-corrected chi connectivity index (χ4v) is 1.41. The second-order valence-electron chi connectivity index (χ2n) is 3.73. The number of hydrogen-bond acceptors (Lipinski definition) is 0. The van der Waals surface area contributed by atoms with Gasteiger partial charge < -0.3 is 0 Å². The highest BCUT2D eigenvalue weighted by Crippen LogP contribution is 2.25. The first-order valence-corrected chi connectivity index (χ1v) is 4.22. The molecule has 1 aromatic rings. The molecule has 0 aliphatic rings. The number of terminal acetylenes is 1. The van der Waals surface area contributed by atoms with Crippen molar-refractivity contribution < 1.29 is 4.39 Å². The second kappa shape index (κ2) is 3.22. The van der Waals surface area contributed by atoms with E-state index in [0.29, 0.717) is 0 Å². The van der Waals surface area contributed by atoms with Gasteiger partial charge in [0.15, 0.2) is 0 Å². The third-order valence-electron chi connectivity index (χ3n) is 2.22. The van der Waals surface area contributed by atoms with Gasteiger partial charge >= 0.3 is 0 Å². The summed E-state index contributed by atoms with van der Waals surface area (Å²) in [6.07, 6.45) is 5.40. The Balaban J connectivity index is 3.26. The van der Waals surface area contributed by atoms with Crippen LogP contribution in [-0.2, 0) is 5.41 Å². The van der Waals surface area contributed by atoms with Gasteiger partial charge in [-0.2, -0.15) is 0 Å². The van der Waals surface area contributed by atoms with Gasteiger partial charge in [0.2, 0.25) is 0 Å². The lowest BCUT2D eigenvalue weighted by molar-refractivity contribution is 0.620. The van der Waals surface area contributed by atoms with Crippen molar-refractivity contribution in [1.82, 2.24) is 0 Å². The number of benzene rings is 1. The Morgan fingerprint density at radius 1 is 1.38 bits per heavy atom. The topological polar surface area (TPSA) is 0 Å². The zero-order valence-corrected chi connectivity index (χ0v) is 8.19. The molecule has 68 valence electrons. The monoisotopic (exact) mass is 176 g/mol. The van der Waals surface area contributed by atoms with Gasteiger partial charge in [0.25, 0.3) is 0 Å². The molecular weight excluding hydrogens is 163 g/mol. The molecule has 0 fully saturated rings. The van der Waals surface area contributed by atoms with E-state index < -0.39 is 0 Å². The zero-order valence-electron chi connectivity index (χ0n) is 8.19. The molecule has 1 aromatic carbocycles. The molecule has 0 aliphatic heterocycles. The van der Waals surface area contributed by atoms with Crippen LogP contribution in [0.25, 0.3) is 0 Å². The van der Waals surface area contributed by atoms with Crippen molar-refractivity contribution in [3.05, 3.63) is 35.1 Å². The average Bonchev–Trinajstić information content (AvgIpc) is 2.03. The summed E-state index contributed by atoms with van der Waals surface area (Å²) in [5, 5.41) is 0. The van der Waals surface area contributed by atoms with Crippen molar-refractivity contribution in [2.75, 3.05) is 0 Å². The molecule has 0 N–H and O–H groups in total. The van der Waals surface area contributed by atoms with Crippen molar-refractivity contribution in [3.63, 3.8) is 0 Å². The maximum atomic E-state index is 12.8.